The molecule has 0 aliphatic carbocycles. The molecule has 0 fully saturated rings. The standard InChI is InChI=1S/C22H20N4O4S/c1-3-11-29-18-9-4-5-10-19(18)30-13-20(27)23-21-24-22-26(25-21)17(14-31-22)15-7-6-8-16(12-15)28-2/h3-10,12,14H,1,11,13H2,2H3,(H,23,25,27). The van der Waals surface area contributed by atoms with Gasteiger partial charge in [-0.1, -0.05) is 36.9 Å². The number of amides is 1. The number of fused-ring (bicyclic) bond motifs is 1. The number of rotatable bonds is 9. The quantitative estimate of drug-likeness (QED) is 0.399. The lowest BCUT2D eigenvalue weighted by atomic mass is 10.2. The molecule has 8 nitrogen and oxygen atoms in total. The first-order chi connectivity index (χ1) is 15.2. The molecule has 1 amide bonds. The highest BCUT2D eigenvalue weighted by Crippen LogP contribution is 2.29. The lowest BCUT2D eigenvalue weighted by Gasteiger charge is -2.11. The predicted molar refractivity (Wildman–Crippen MR) is 119 cm³/mol. The Hall–Kier alpha value is -3.85. The zero-order chi connectivity index (χ0) is 21.6. The van der Waals surface area contributed by atoms with Crippen molar-refractivity contribution >= 4 is 28.2 Å². The molecule has 0 unspecified atom stereocenters. The minimum Gasteiger partial charge on any atom is -0.497 e. The van der Waals surface area contributed by atoms with Gasteiger partial charge >= 0.3 is 0 Å². The summed E-state index contributed by atoms with van der Waals surface area (Å²) in [7, 11) is 1.62. The van der Waals surface area contributed by atoms with Crippen LogP contribution in [0.5, 0.6) is 17.2 Å². The first kappa shape index (κ1) is 20.4. The molecule has 0 saturated heterocycles. The molecule has 0 radical (unpaired) electrons. The zero-order valence-corrected chi connectivity index (χ0v) is 17.6. The Labute approximate surface area is 182 Å². The molecule has 9 heteroatoms. The van der Waals surface area contributed by atoms with E-state index in [4.69, 9.17) is 14.2 Å². The van der Waals surface area contributed by atoms with E-state index in [0.717, 1.165) is 17.0 Å². The minimum atomic E-state index is -0.375. The van der Waals surface area contributed by atoms with Crippen molar-refractivity contribution in [2.45, 2.75) is 0 Å². The number of hydrogen-bond acceptors (Lipinski definition) is 7. The SMILES string of the molecule is C=CCOc1ccccc1OCC(=O)Nc1nc2scc(-c3cccc(OC)c3)n2n1. The number of hydrogen-bond donors (Lipinski definition) is 1. The normalized spacial score (nSPS) is 10.6. The van der Waals surface area contributed by atoms with Crippen LogP contribution in [0.1, 0.15) is 0 Å². The average Bonchev–Trinajstić information content (AvgIpc) is 3.37. The van der Waals surface area contributed by atoms with Crippen LogP contribution in [0, 0.1) is 0 Å². The monoisotopic (exact) mass is 436 g/mol. The number of thiazole rings is 1. The van der Waals surface area contributed by atoms with Gasteiger partial charge in [0, 0.05) is 10.9 Å². The van der Waals surface area contributed by atoms with Crippen LogP contribution in [0.25, 0.3) is 16.2 Å². The van der Waals surface area contributed by atoms with E-state index in [1.54, 1.807) is 35.9 Å². The fourth-order valence-corrected chi connectivity index (χ4v) is 3.69. The second-order valence-electron chi connectivity index (χ2n) is 6.37. The van der Waals surface area contributed by atoms with Crippen LogP contribution in [0.2, 0.25) is 0 Å². The summed E-state index contributed by atoms with van der Waals surface area (Å²) in [6.07, 6.45) is 1.64. The molecule has 2 aromatic heterocycles. The second kappa shape index (κ2) is 9.31. The van der Waals surface area contributed by atoms with Crippen LogP contribution in [0.3, 0.4) is 0 Å². The lowest BCUT2D eigenvalue weighted by Crippen LogP contribution is -2.21. The first-order valence-corrected chi connectivity index (χ1v) is 10.3. The van der Waals surface area contributed by atoms with Gasteiger partial charge in [0.15, 0.2) is 18.1 Å². The van der Waals surface area contributed by atoms with Crippen LogP contribution < -0.4 is 19.5 Å². The number of ether oxygens (including phenoxy) is 3. The second-order valence-corrected chi connectivity index (χ2v) is 7.20. The molecule has 2 aromatic carbocycles. The summed E-state index contributed by atoms with van der Waals surface area (Å²) >= 11 is 1.43. The molecule has 0 spiro atoms. The van der Waals surface area contributed by atoms with E-state index in [1.807, 2.05) is 35.7 Å². The maximum atomic E-state index is 12.4. The van der Waals surface area contributed by atoms with Crippen LogP contribution in [-0.4, -0.2) is 40.8 Å². The molecule has 158 valence electrons. The summed E-state index contributed by atoms with van der Waals surface area (Å²) in [4.78, 5) is 17.4. The molecule has 4 rings (SSSR count). The summed E-state index contributed by atoms with van der Waals surface area (Å²) in [5.41, 5.74) is 1.80. The van der Waals surface area contributed by atoms with Crippen molar-refractivity contribution in [3.63, 3.8) is 0 Å². The van der Waals surface area contributed by atoms with Gasteiger partial charge in [-0.25, -0.2) is 4.52 Å². The van der Waals surface area contributed by atoms with Crippen molar-refractivity contribution in [2.75, 3.05) is 25.6 Å². The Balaban J connectivity index is 1.44. The topological polar surface area (TPSA) is 87.0 Å². The van der Waals surface area contributed by atoms with Gasteiger partial charge < -0.3 is 14.2 Å². The summed E-state index contributed by atoms with van der Waals surface area (Å²) in [6, 6.07) is 14.8. The molecule has 0 aliphatic rings. The van der Waals surface area contributed by atoms with Gasteiger partial charge in [0.05, 0.1) is 12.8 Å². The van der Waals surface area contributed by atoms with Crippen LogP contribution >= 0.6 is 11.3 Å². The Bertz CT molecular complexity index is 1220. The Morgan fingerprint density at radius 3 is 2.77 bits per heavy atom. The molecule has 2 heterocycles. The highest BCUT2D eigenvalue weighted by molar-refractivity contribution is 7.15. The number of methoxy groups -OCH3 is 1. The van der Waals surface area contributed by atoms with Crippen molar-refractivity contribution in [1.29, 1.82) is 0 Å². The number of nitrogens with zero attached hydrogens (tertiary/aromatic N) is 3. The van der Waals surface area contributed by atoms with Gasteiger partial charge in [-0.15, -0.1) is 16.4 Å². The van der Waals surface area contributed by atoms with E-state index >= 15 is 0 Å². The van der Waals surface area contributed by atoms with Crippen molar-refractivity contribution in [2.24, 2.45) is 0 Å². The van der Waals surface area contributed by atoms with Gasteiger partial charge in [0.25, 0.3) is 11.9 Å². The molecular weight excluding hydrogens is 416 g/mol. The number of benzene rings is 2. The van der Waals surface area contributed by atoms with Crippen LogP contribution in [0.4, 0.5) is 5.95 Å². The highest BCUT2D eigenvalue weighted by Gasteiger charge is 2.15. The van der Waals surface area contributed by atoms with Gasteiger partial charge in [-0.3, -0.25) is 10.1 Å². The van der Waals surface area contributed by atoms with Gasteiger partial charge in [0.1, 0.15) is 12.4 Å². The molecule has 1 N–H and O–H groups in total. The largest absolute Gasteiger partial charge is 0.497 e. The van der Waals surface area contributed by atoms with Gasteiger partial charge in [-0.2, -0.15) is 4.98 Å². The number of carbonyl (C=O) groups excluding carboxylic acids is 1. The van der Waals surface area contributed by atoms with Gasteiger partial charge in [0.2, 0.25) is 4.96 Å². The summed E-state index contributed by atoms with van der Waals surface area (Å²) in [5.74, 6) is 1.60. The number of carbonyl (C=O) groups is 1. The molecule has 0 aliphatic heterocycles. The fourth-order valence-electron chi connectivity index (χ4n) is 2.86. The summed E-state index contributed by atoms with van der Waals surface area (Å²) < 4.78 is 18.1. The number of nitrogens with one attached hydrogen (secondary N) is 1. The maximum absolute atomic E-state index is 12.4. The molecule has 4 aromatic rings. The minimum absolute atomic E-state index is 0.204. The third-order valence-corrected chi connectivity index (χ3v) is 5.08. The first-order valence-electron chi connectivity index (χ1n) is 9.42. The van der Waals surface area contributed by atoms with Crippen molar-refractivity contribution in [3.05, 3.63) is 66.6 Å². The number of para-hydroxylation sites is 2. The Morgan fingerprint density at radius 1 is 1.19 bits per heavy atom. The predicted octanol–water partition coefficient (Wildman–Crippen LogP) is 4.05. The van der Waals surface area contributed by atoms with E-state index < -0.39 is 0 Å². The average molecular weight is 436 g/mol. The van der Waals surface area contributed by atoms with E-state index in [9.17, 15) is 4.79 Å². The van der Waals surface area contributed by atoms with E-state index in [0.29, 0.717) is 23.1 Å². The summed E-state index contributed by atoms with van der Waals surface area (Å²) in [5, 5.41) is 9.04. The van der Waals surface area contributed by atoms with Crippen molar-refractivity contribution in [1.82, 2.24) is 14.6 Å². The molecular formula is C22H20N4O4S. The molecule has 0 atom stereocenters. The molecule has 31 heavy (non-hydrogen) atoms. The third-order valence-electron chi connectivity index (χ3n) is 4.26. The molecule has 0 bridgehead atoms. The van der Waals surface area contributed by atoms with Crippen LogP contribution in [-0.2, 0) is 4.79 Å². The third kappa shape index (κ3) is 4.67. The van der Waals surface area contributed by atoms with E-state index in [2.05, 4.69) is 22.0 Å². The van der Waals surface area contributed by atoms with Crippen molar-refractivity contribution in [3.8, 4) is 28.5 Å². The van der Waals surface area contributed by atoms with Crippen LogP contribution in [0.15, 0.2) is 66.6 Å². The van der Waals surface area contributed by atoms with E-state index in [-0.39, 0.29) is 18.5 Å². The van der Waals surface area contributed by atoms with Crippen molar-refractivity contribution < 1.29 is 19.0 Å². The Morgan fingerprint density at radius 2 is 2.00 bits per heavy atom. The molecule has 0 saturated carbocycles. The maximum Gasteiger partial charge on any atom is 0.264 e. The number of anilines is 1. The zero-order valence-electron chi connectivity index (χ0n) is 16.8. The van der Waals surface area contributed by atoms with Gasteiger partial charge in [-0.05, 0) is 24.3 Å². The smallest absolute Gasteiger partial charge is 0.264 e. The lowest BCUT2D eigenvalue weighted by molar-refractivity contribution is -0.118. The van der Waals surface area contributed by atoms with E-state index in [1.165, 1.54) is 11.3 Å². The highest BCUT2D eigenvalue weighted by atomic mass is 32.1. The summed E-state index contributed by atoms with van der Waals surface area (Å²) in [6.45, 7) is 3.76. The fraction of sp³-hybridized carbons (Fsp3) is 0.136. The number of aromatic nitrogens is 3. The Kier molecular flexibility index (Phi) is 6.13.